The number of nitrogens with zero attached hydrogens (tertiary/aromatic N) is 1. The van der Waals surface area contributed by atoms with Crippen molar-refractivity contribution in [3.63, 3.8) is 0 Å². The molecule has 1 aromatic rings. The van der Waals surface area contributed by atoms with Crippen molar-refractivity contribution in [2.45, 2.75) is 51.2 Å². The van der Waals surface area contributed by atoms with E-state index in [9.17, 15) is 17.7 Å². The van der Waals surface area contributed by atoms with E-state index in [1.807, 2.05) is 0 Å². The standard InChI is InChI=1S/C16H20BF3NO2/c1-15(2,3)23-14(22)21-9-11-8-12(17(18,19)20)4-5-13(11)16(10-21)6-7-16/h4-5,8H,6-7,9-10H2,1-3H3/q-1. The predicted octanol–water partition coefficient (Wildman–Crippen LogP) is 3.52. The fourth-order valence-corrected chi connectivity index (χ4v) is 3.21. The molecular weight excluding hydrogens is 306 g/mol. The molecule has 0 radical (unpaired) electrons. The molecule has 1 fully saturated rings. The van der Waals surface area contributed by atoms with Crippen LogP contribution in [0.5, 0.6) is 0 Å². The summed E-state index contributed by atoms with van der Waals surface area (Å²) < 4.78 is 44.4. The van der Waals surface area contributed by atoms with Gasteiger partial charge in [0.25, 0.3) is 0 Å². The Morgan fingerprint density at radius 3 is 2.43 bits per heavy atom. The van der Waals surface area contributed by atoms with E-state index in [4.69, 9.17) is 4.74 Å². The van der Waals surface area contributed by atoms with Gasteiger partial charge in [0.2, 0.25) is 0 Å². The van der Waals surface area contributed by atoms with Crippen molar-refractivity contribution in [2.75, 3.05) is 6.54 Å². The number of ether oxygens (including phenoxy) is 1. The summed E-state index contributed by atoms with van der Waals surface area (Å²) in [6.45, 7) is 0.991. The Hall–Kier alpha value is -1.66. The summed E-state index contributed by atoms with van der Waals surface area (Å²) in [5, 5.41) is 0. The monoisotopic (exact) mass is 326 g/mol. The second-order valence-electron chi connectivity index (χ2n) is 7.61. The van der Waals surface area contributed by atoms with Crippen molar-refractivity contribution in [2.24, 2.45) is 0 Å². The highest BCUT2D eigenvalue weighted by Crippen LogP contribution is 2.52. The molecule has 1 aliphatic heterocycles. The summed E-state index contributed by atoms with van der Waals surface area (Å²) in [6, 6.07) is 3.97. The molecule has 0 N–H and O–H groups in total. The SMILES string of the molecule is CC(C)(C)OC(=O)N1Cc2cc([B-](F)(F)F)ccc2C2(CC2)C1. The third-order valence-electron chi connectivity index (χ3n) is 4.44. The molecule has 3 nitrogen and oxygen atoms in total. The summed E-state index contributed by atoms with van der Waals surface area (Å²) in [5.41, 5.74) is 0.148. The minimum atomic E-state index is -5.03. The smallest absolute Gasteiger partial charge is 0.445 e. The van der Waals surface area contributed by atoms with Crippen LogP contribution in [0.15, 0.2) is 18.2 Å². The van der Waals surface area contributed by atoms with Crippen LogP contribution in [0.2, 0.25) is 0 Å². The molecule has 0 atom stereocenters. The predicted molar refractivity (Wildman–Crippen MR) is 82.7 cm³/mol. The average Bonchev–Trinajstić information content (AvgIpc) is 3.15. The number of fused-ring (bicyclic) bond motifs is 2. The van der Waals surface area contributed by atoms with Gasteiger partial charge in [-0.05, 0) is 44.7 Å². The van der Waals surface area contributed by atoms with Crippen LogP contribution in [-0.2, 0) is 16.7 Å². The van der Waals surface area contributed by atoms with Gasteiger partial charge in [0.05, 0.1) is 0 Å². The van der Waals surface area contributed by atoms with Crippen LogP contribution in [0.3, 0.4) is 0 Å². The largest absolute Gasteiger partial charge is 0.509 e. The van der Waals surface area contributed by atoms with Crippen LogP contribution in [0.25, 0.3) is 0 Å². The number of hydrogen-bond donors (Lipinski definition) is 0. The Labute approximate surface area is 133 Å². The molecule has 1 spiro atoms. The molecule has 0 saturated heterocycles. The lowest BCUT2D eigenvalue weighted by Crippen LogP contribution is -2.45. The maximum Gasteiger partial charge on any atom is 0.509 e. The van der Waals surface area contributed by atoms with E-state index in [0.717, 1.165) is 18.4 Å². The lowest BCUT2D eigenvalue weighted by atomic mass is 9.76. The normalized spacial score (nSPS) is 19.5. The fourth-order valence-electron chi connectivity index (χ4n) is 3.21. The highest BCUT2D eigenvalue weighted by atomic mass is 19.4. The van der Waals surface area contributed by atoms with Crippen LogP contribution in [-0.4, -0.2) is 30.1 Å². The molecule has 1 aromatic carbocycles. The van der Waals surface area contributed by atoms with E-state index in [1.165, 1.54) is 17.0 Å². The number of hydrogen-bond acceptors (Lipinski definition) is 2. The molecule has 23 heavy (non-hydrogen) atoms. The van der Waals surface area contributed by atoms with Crippen molar-refractivity contribution < 1.29 is 22.5 Å². The Balaban J connectivity index is 1.91. The number of benzene rings is 1. The van der Waals surface area contributed by atoms with E-state index in [2.05, 4.69) is 0 Å². The van der Waals surface area contributed by atoms with Gasteiger partial charge in [-0.2, -0.15) is 0 Å². The van der Waals surface area contributed by atoms with Gasteiger partial charge < -0.3 is 22.6 Å². The van der Waals surface area contributed by atoms with Crippen molar-refractivity contribution >= 4 is 18.5 Å². The van der Waals surface area contributed by atoms with E-state index in [0.29, 0.717) is 12.1 Å². The van der Waals surface area contributed by atoms with Gasteiger partial charge in [-0.15, -0.1) is 5.46 Å². The molecule has 2 aliphatic rings. The summed E-state index contributed by atoms with van der Waals surface area (Å²) in [4.78, 5) is 13.8. The molecule has 1 heterocycles. The Kier molecular flexibility index (Phi) is 3.47. The van der Waals surface area contributed by atoms with Crippen molar-refractivity contribution in [1.82, 2.24) is 4.90 Å². The van der Waals surface area contributed by atoms with Crippen LogP contribution >= 0.6 is 0 Å². The van der Waals surface area contributed by atoms with Crippen LogP contribution in [0.1, 0.15) is 44.7 Å². The van der Waals surface area contributed by atoms with Gasteiger partial charge in [0, 0.05) is 18.5 Å². The molecule has 126 valence electrons. The maximum atomic E-state index is 13.0. The third-order valence-corrected chi connectivity index (χ3v) is 4.44. The molecule has 0 bridgehead atoms. The van der Waals surface area contributed by atoms with E-state index in [-0.39, 0.29) is 12.0 Å². The quantitative estimate of drug-likeness (QED) is 0.739. The van der Waals surface area contributed by atoms with Gasteiger partial charge in [-0.25, -0.2) is 4.79 Å². The number of carbonyl (C=O) groups is 1. The third kappa shape index (κ3) is 3.19. The first kappa shape index (κ1) is 16.2. The van der Waals surface area contributed by atoms with Crippen molar-refractivity contribution in [3.8, 4) is 0 Å². The molecule has 1 saturated carbocycles. The molecule has 3 rings (SSSR count). The molecule has 0 unspecified atom stereocenters. The van der Waals surface area contributed by atoms with Gasteiger partial charge in [-0.1, -0.05) is 18.2 Å². The minimum Gasteiger partial charge on any atom is -0.445 e. The van der Waals surface area contributed by atoms with Gasteiger partial charge in [0.15, 0.2) is 0 Å². The number of amides is 1. The Morgan fingerprint density at radius 1 is 1.26 bits per heavy atom. The molecule has 1 amide bonds. The van der Waals surface area contributed by atoms with Crippen LogP contribution in [0.4, 0.5) is 17.7 Å². The summed E-state index contributed by atoms with van der Waals surface area (Å²) >= 11 is 0. The van der Waals surface area contributed by atoms with Gasteiger partial charge in [-0.3, -0.25) is 0 Å². The Morgan fingerprint density at radius 2 is 1.91 bits per heavy atom. The topological polar surface area (TPSA) is 29.5 Å². The number of rotatable bonds is 1. The minimum absolute atomic E-state index is 0.173. The van der Waals surface area contributed by atoms with Gasteiger partial charge in [0.1, 0.15) is 5.60 Å². The molecule has 7 heteroatoms. The number of carbonyl (C=O) groups excluding carboxylic acids is 1. The molecule has 1 aliphatic carbocycles. The van der Waals surface area contributed by atoms with Crippen molar-refractivity contribution in [1.29, 1.82) is 0 Å². The zero-order chi connectivity index (χ0) is 17.0. The lowest BCUT2D eigenvalue weighted by Gasteiger charge is -2.36. The Bertz CT molecular complexity index is 648. The van der Waals surface area contributed by atoms with Gasteiger partial charge >= 0.3 is 13.1 Å². The fraction of sp³-hybridized carbons (Fsp3) is 0.562. The highest BCUT2D eigenvalue weighted by molar-refractivity contribution is 6.73. The summed E-state index contributed by atoms with van der Waals surface area (Å²) in [5.74, 6) is 0. The lowest BCUT2D eigenvalue weighted by molar-refractivity contribution is 0.0197. The zero-order valence-electron chi connectivity index (χ0n) is 13.5. The first-order valence-electron chi connectivity index (χ1n) is 7.81. The summed E-state index contributed by atoms with van der Waals surface area (Å²) in [7, 11) is 0. The average molecular weight is 326 g/mol. The van der Waals surface area contributed by atoms with E-state index in [1.54, 1.807) is 26.8 Å². The highest BCUT2D eigenvalue weighted by Gasteiger charge is 2.50. The number of halogens is 3. The first-order chi connectivity index (χ1) is 10.5. The molecule has 0 aromatic heterocycles. The van der Waals surface area contributed by atoms with E-state index < -0.39 is 24.1 Å². The second kappa shape index (κ2) is 4.92. The zero-order valence-corrected chi connectivity index (χ0v) is 13.5. The van der Waals surface area contributed by atoms with E-state index >= 15 is 0 Å². The molecular formula is C16H20BF3NO2-. The second-order valence-corrected chi connectivity index (χ2v) is 7.61. The van der Waals surface area contributed by atoms with Crippen LogP contribution < -0.4 is 5.46 Å². The summed E-state index contributed by atoms with van der Waals surface area (Å²) in [6.07, 6.45) is 1.34. The van der Waals surface area contributed by atoms with Crippen molar-refractivity contribution in [3.05, 3.63) is 29.3 Å². The van der Waals surface area contributed by atoms with Crippen LogP contribution in [0, 0.1) is 0 Å². The first-order valence-corrected chi connectivity index (χ1v) is 7.81. The maximum absolute atomic E-state index is 13.0.